The summed E-state index contributed by atoms with van der Waals surface area (Å²) in [4.78, 5) is 60.3. The maximum absolute atomic E-state index is 12.8. The molecule has 0 bridgehead atoms. The first-order chi connectivity index (χ1) is 17.1. The number of hydrogen-bond acceptors (Lipinski definition) is 10. The number of halogens is 1. The third-order valence-corrected chi connectivity index (χ3v) is 5.95. The number of nitrogens with zero attached hydrogens (tertiary/aromatic N) is 2. The second-order valence-electron chi connectivity index (χ2n) is 7.12. The fourth-order valence-corrected chi connectivity index (χ4v) is 4.20. The van der Waals surface area contributed by atoms with E-state index in [0.717, 1.165) is 17.0 Å². The van der Waals surface area contributed by atoms with Crippen LogP contribution < -0.4 is 9.47 Å². The van der Waals surface area contributed by atoms with Gasteiger partial charge >= 0.3 is 5.97 Å². The van der Waals surface area contributed by atoms with Gasteiger partial charge in [-0.3, -0.25) is 29.4 Å². The van der Waals surface area contributed by atoms with E-state index in [-0.39, 0.29) is 45.9 Å². The van der Waals surface area contributed by atoms with Crippen LogP contribution in [0.15, 0.2) is 41.3 Å². The van der Waals surface area contributed by atoms with Gasteiger partial charge in [-0.25, -0.2) is 4.79 Å². The van der Waals surface area contributed by atoms with Crippen LogP contribution in [0, 0.1) is 10.1 Å². The van der Waals surface area contributed by atoms with Crippen molar-refractivity contribution in [3.8, 4) is 11.5 Å². The van der Waals surface area contributed by atoms with Crippen molar-refractivity contribution in [1.82, 2.24) is 4.90 Å². The van der Waals surface area contributed by atoms with E-state index >= 15 is 0 Å². The van der Waals surface area contributed by atoms with Gasteiger partial charge in [0.15, 0.2) is 23.9 Å². The van der Waals surface area contributed by atoms with Gasteiger partial charge < -0.3 is 14.2 Å². The Morgan fingerprint density at radius 3 is 2.50 bits per heavy atom. The maximum Gasteiger partial charge on any atom is 0.344 e. The summed E-state index contributed by atoms with van der Waals surface area (Å²) in [6.45, 7) is 0.948. The number of methoxy groups -OCH3 is 1. The van der Waals surface area contributed by atoms with Crippen molar-refractivity contribution in [3.63, 3.8) is 0 Å². The van der Waals surface area contributed by atoms with Crippen LogP contribution in [-0.2, 0) is 14.3 Å². The zero-order valence-electron chi connectivity index (χ0n) is 19.0. The molecule has 1 fully saturated rings. The normalized spacial score (nSPS) is 14.2. The van der Waals surface area contributed by atoms with Crippen LogP contribution >= 0.6 is 23.4 Å². The zero-order valence-corrected chi connectivity index (χ0v) is 20.6. The molecule has 0 N–H and O–H groups in total. The fraction of sp³-hybridized carbons (Fsp3) is 0.217. The number of benzene rings is 2. The molecule has 2 aromatic carbocycles. The molecule has 3 rings (SSSR count). The topological polar surface area (TPSA) is 142 Å². The van der Waals surface area contributed by atoms with E-state index in [1.807, 2.05) is 0 Å². The molecule has 0 aromatic heterocycles. The van der Waals surface area contributed by atoms with Crippen molar-refractivity contribution in [2.24, 2.45) is 0 Å². The van der Waals surface area contributed by atoms with Crippen LogP contribution in [0.25, 0.3) is 6.08 Å². The molecular weight excluding hydrogens is 516 g/mol. The summed E-state index contributed by atoms with van der Waals surface area (Å²) in [6.07, 6.45) is 1.41. The van der Waals surface area contributed by atoms with Crippen molar-refractivity contribution >= 4 is 58.0 Å². The van der Waals surface area contributed by atoms with E-state index in [0.29, 0.717) is 17.3 Å². The molecule has 0 radical (unpaired) electrons. The first-order valence-corrected chi connectivity index (χ1v) is 11.5. The van der Waals surface area contributed by atoms with Crippen molar-refractivity contribution in [1.29, 1.82) is 0 Å². The average Bonchev–Trinajstić information content (AvgIpc) is 3.10. The predicted molar refractivity (Wildman–Crippen MR) is 130 cm³/mol. The van der Waals surface area contributed by atoms with Crippen LogP contribution in [0.5, 0.6) is 11.5 Å². The van der Waals surface area contributed by atoms with E-state index < -0.39 is 34.4 Å². The molecule has 1 saturated heterocycles. The Morgan fingerprint density at radius 2 is 1.89 bits per heavy atom. The number of ether oxygens (including phenoxy) is 3. The van der Waals surface area contributed by atoms with Crippen molar-refractivity contribution < 1.29 is 38.3 Å². The van der Waals surface area contributed by atoms with Crippen molar-refractivity contribution in [2.75, 3.05) is 26.9 Å². The lowest BCUT2D eigenvalue weighted by molar-refractivity contribution is -0.384. The molecule has 188 valence electrons. The number of ketones is 1. The van der Waals surface area contributed by atoms with Crippen LogP contribution in [0.2, 0.25) is 5.02 Å². The first-order valence-electron chi connectivity index (χ1n) is 10.3. The minimum absolute atomic E-state index is 0.0508. The van der Waals surface area contributed by atoms with E-state index in [4.69, 9.17) is 25.8 Å². The summed E-state index contributed by atoms with van der Waals surface area (Å²) >= 11 is 6.92. The minimum Gasteiger partial charge on any atom is -0.493 e. The number of amides is 2. The van der Waals surface area contributed by atoms with Gasteiger partial charge in [-0.2, -0.15) is 0 Å². The number of imide groups is 1. The number of non-ortho nitro benzene ring substituents is 1. The SMILES string of the molecule is CCOC(=O)COc1c(Cl)cc(/C=C2\SC(=O)N(CC(=O)c3ccc([N+](=O)[O-])cc3)C2=O)cc1OC. The Morgan fingerprint density at radius 1 is 1.19 bits per heavy atom. The van der Waals surface area contributed by atoms with Crippen molar-refractivity contribution in [3.05, 3.63) is 67.6 Å². The summed E-state index contributed by atoms with van der Waals surface area (Å²) in [5, 5.41) is 10.2. The molecule has 11 nitrogen and oxygen atoms in total. The lowest BCUT2D eigenvalue weighted by Gasteiger charge is -2.13. The minimum atomic E-state index is -0.682. The number of hydrogen-bond donors (Lipinski definition) is 0. The molecule has 1 aliphatic heterocycles. The second kappa shape index (κ2) is 11.7. The molecular formula is C23H19ClN2O9S. The van der Waals surface area contributed by atoms with E-state index in [1.165, 1.54) is 37.5 Å². The van der Waals surface area contributed by atoms with Gasteiger partial charge in [0.05, 0.1) is 35.1 Å². The number of nitro benzene ring substituents is 1. The summed E-state index contributed by atoms with van der Waals surface area (Å²) in [6, 6.07) is 7.81. The molecule has 0 atom stereocenters. The molecule has 13 heteroatoms. The molecule has 36 heavy (non-hydrogen) atoms. The van der Waals surface area contributed by atoms with Crippen LogP contribution in [0.4, 0.5) is 10.5 Å². The Balaban J connectivity index is 1.76. The molecule has 0 saturated carbocycles. The highest BCUT2D eigenvalue weighted by atomic mass is 35.5. The lowest BCUT2D eigenvalue weighted by atomic mass is 10.1. The van der Waals surface area contributed by atoms with Gasteiger partial charge in [0, 0.05) is 17.7 Å². The van der Waals surface area contributed by atoms with Crippen LogP contribution in [0.1, 0.15) is 22.8 Å². The highest BCUT2D eigenvalue weighted by molar-refractivity contribution is 8.18. The summed E-state index contributed by atoms with van der Waals surface area (Å²) in [7, 11) is 1.37. The van der Waals surface area contributed by atoms with Gasteiger partial charge in [0.25, 0.3) is 16.8 Å². The Labute approximate surface area is 214 Å². The third kappa shape index (κ3) is 6.20. The highest BCUT2D eigenvalue weighted by Crippen LogP contribution is 2.39. The van der Waals surface area contributed by atoms with Gasteiger partial charge in [0.1, 0.15) is 0 Å². The Hall–Kier alpha value is -3.90. The number of carbonyl (C=O) groups is 4. The van der Waals surface area contributed by atoms with Gasteiger partial charge in [-0.1, -0.05) is 11.6 Å². The summed E-state index contributed by atoms with van der Waals surface area (Å²) in [5.41, 5.74) is 0.345. The highest BCUT2D eigenvalue weighted by Gasteiger charge is 2.36. The largest absolute Gasteiger partial charge is 0.493 e. The van der Waals surface area contributed by atoms with Gasteiger partial charge in [-0.15, -0.1) is 0 Å². The van der Waals surface area contributed by atoms with Crippen LogP contribution in [0.3, 0.4) is 0 Å². The molecule has 0 spiro atoms. The fourth-order valence-electron chi connectivity index (χ4n) is 3.09. The lowest BCUT2D eigenvalue weighted by Crippen LogP contribution is -2.33. The van der Waals surface area contributed by atoms with Gasteiger partial charge in [0.2, 0.25) is 0 Å². The first kappa shape index (κ1) is 26.7. The molecule has 0 aliphatic carbocycles. The molecule has 2 aromatic rings. The number of carbonyl (C=O) groups excluding carboxylic acids is 4. The average molecular weight is 535 g/mol. The summed E-state index contributed by atoms with van der Waals surface area (Å²) < 4.78 is 15.5. The summed E-state index contributed by atoms with van der Waals surface area (Å²) in [5.74, 6) is -1.53. The monoisotopic (exact) mass is 534 g/mol. The number of rotatable bonds is 10. The maximum atomic E-state index is 12.8. The molecule has 1 aliphatic rings. The van der Waals surface area contributed by atoms with E-state index in [1.54, 1.807) is 6.92 Å². The number of Topliss-reactive ketones (excluding diaryl/α,β-unsaturated/α-hetero) is 1. The Bertz CT molecular complexity index is 1260. The predicted octanol–water partition coefficient (Wildman–Crippen LogP) is 4.12. The quantitative estimate of drug-likeness (QED) is 0.143. The van der Waals surface area contributed by atoms with Crippen molar-refractivity contribution in [2.45, 2.75) is 6.92 Å². The van der Waals surface area contributed by atoms with Crippen LogP contribution in [-0.4, -0.2) is 59.6 Å². The standard InChI is InChI=1S/C23H19ClN2O9S/c1-3-34-20(28)12-35-21-16(24)8-13(9-18(21)33-2)10-19-22(29)25(23(30)36-19)11-17(27)14-4-6-15(7-5-14)26(31)32/h4-10H,3,11-12H2,1-2H3/b19-10-. The van der Waals surface area contributed by atoms with Gasteiger partial charge in [-0.05, 0) is 54.6 Å². The second-order valence-corrected chi connectivity index (χ2v) is 8.52. The molecule has 1 heterocycles. The number of thioether (sulfide) groups is 1. The zero-order chi connectivity index (χ0) is 26.4. The van der Waals surface area contributed by atoms with E-state index in [2.05, 4.69) is 0 Å². The number of esters is 1. The third-order valence-electron chi connectivity index (χ3n) is 4.76. The smallest absolute Gasteiger partial charge is 0.344 e. The number of nitro groups is 1. The van der Waals surface area contributed by atoms with E-state index in [9.17, 15) is 29.3 Å². The Kier molecular flexibility index (Phi) is 8.67. The molecule has 2 amide bonds. The molecule has 0 unspecified atom stereocenters.